The first-order valence-corrected chi connectivity index (χ1v) is 7.90. The van der Waals surface area contributed by atoms with Gasteiger partial charge in [-0.1, -0.05) is 32.3 Å². The maximum Gasteiger partial charge on any atom is 0.168 e. The molecule has 21 heavy (non-hydrogen) atoms. The van der Waals surface area contributed by atoms with Gasteiger partial charge in [-0.3, -0.25) is 19.9 Å². The van der Waals surface area contributed by atoms with Crippen LogP contribution in [0.4, 0.5) is 0 Å². The number of carbonyl (C=O) groups excluding carboxylic acids is 2. The van der Waals surface area contributed by atoms with Crippen LogP contribution in [-0.4, -0.2) is 18.2 Å². The molecule has 0 radical (unpaired) electrons. The summed E-state index contributed by atoms with van der Waals surface area (Å²) in [6.07, 6.45) is 8.76. The quantitative estimate of drug-likeness (QED) is 0.278. The summed E-state index contributed by atoms with van der Waals surface area (Å²) < 4.78 is 0. The predicted molar refractivity (Wildman–Crippen MR) is 81.4 cm³/mol. The van der Waals surface area contributed by atoms with Crippen LogP contribution in [0.25, 0.3) is 0 Å². The summed E-state index contributed by atoms with van der Waals surface area (Å²) >= 11 is 0. The molecular weight excluding hydrogens is 266 g/mol. The standard InChI is InChI=1S/C17H25NO3/c1-3-10-21-18-13(4-2)16-14(19)11-17(12-15(16)20)8-6-5-7-9-17/h3,18H,1,4-12H2,2H3. The van der Waals surface area contributed by atoms with Crippen LogP contribution in [0, 0.1) is 5.41 Å². The van der Waals surface area contributed by atoms with Crippen LogP contribution >= 0.6 is 0 Å². The van der Waals surface area contributed by atoms with Crippen molar-refractivity contribution in [1.82, 2.24) is 5.48 Å². The molecule has 4 heteroatoms. The molecule has 4 nitrogen and oxygen atoms in total. The number of hydrogen-bond donors (Lipinski definition) is 1. The number of allylic oxidation sites excluding steroid dienone is 2. The molecule has 0 aromatic rings. The van der Waals surface area contributed by atoms with Crippen molar-refractivity contribution in [2.24, 2.45) is 5.41 Å². The number of rotatable bonds is 5. The van der Waals surface area contributed by atoms with Crippen molar-refractivity contribution in [3.05, 3.63) is 23.9 Å². The fourth-order valence-electron chi connectivity index (χ4n) is 3.56. The molecule has 2 aliphatic rings. The molecule has 0 amide bonds. The molecule has 1 N–H and O–H groups in total. The number of nitrogens with one attached hydrogen (secondary N) is 1. The minimum atomic E-state index is -0.0588. The molecule has 1 spiro atoms. The van der Waals surface area contributed by atoms with Crippen molar-refractivity contribution < 1.29 is 14.4 Å². The van der Waals surface area contributed by atoms with E-state index in [1.54, 1.807) is 6.08 Å². The third-order valence-electron chi connectivity index (χ3n) is 4.59. The lowest BCUT2D eigenvalue weighted by molar-refractivity contribution is -0.129. The first-order valence-electron chi connectivity index (χ1n) is 7.90. The Morgan fingerprint density at radius 1 is 1.24 bits per heavy atom. The maximum absolute atomic E-state index is 12.5. The Morgan fingerprint density at radius 3 is 2.38 bits per heavy atom. The summed E-state index contributed by atoms with van der Waals surface area (Å²) in [6.45, 7) is 5.82. The third kappa shape index (κ3) is 3.62. The van der Waals surface area contributed by atoms with Gasteiger partial charge < -0.3 is 0 Å². The molecule has 2 aliphatic carbocycles. The van der Waals surface area contributed by atoms with E-state index in [9.17, 15) is 9.59 Å². The third-order valence-corrected chi connectivity index (χ3v) is 4.59. The number of Topliss-reactive ketones (excluding diaryl/α,β-unsaturated/α-hetero) is 2. The van der Waals surface area contributed by atoms with Gasteiger partial charge in [-0.2, -0.15) is 0 Å². The van der Waals surface area contributed by atoms with Crippen LogP contribution in [0.5, 0.6) is 0 Å². The minimum Gasteiger partial charge on any atom is -0.294 e. The van der Waals surface area contributed by atoms with Crippen molar-refractivity contribution in [2.75, 3.05) is 6.61 Å². The van der Waals surface area contributed by atoms with Crippen LogP contribution in [0.2, 0.25) is 0 Å². The summed E-state index contributed by atoms with van der Waals surface area (Å²) in [5.41, 5.74) is 3.64. The molecule has 116 valence electrons. The molecule has 0 aromatic heterocycles. The van der Waals surface area contributed by atoms with E-state index in [1.807, 2.05) is 6.92 Å². The first-order chi connectivity index (χ1) is 10.1. The van der Waals surface area contributed by atoms with Gasteiger partial charge in [0.25, 0.3) is 0 Å². The second kappa shape index (κ2) is 7.03. The highest BCUT2D eigenvalue weighted by Gasteiger charge is 2.43. The second-order valence-electron chi connectivity index (χ2n) is 6.17. The molecule has 0 aromatic carbocycles. The molecule has 2 saturated carbocycles. The van der Waals surface area contributed by atoms with Crippen LogP contribution in [0.15, 0.2) is 23.9 Å². The first kappa shape index (κ1) is 16.0. The van der Waals surface area contributed by atoms with Gasteiger partial charge in [0.1, 0.15) is 0 Å². The van der Waals surface area contributed by atoms with Crippen molar-refractivity contribution >= 4 is 11.6 Å². The lowest BCUT2D eigenvalue weighted by atomic mass is 9.63. The van der Waals surface area contributed by atoms with Gasteiger partial charge >= 0.3 is 0 Å². The van der Waals surface area contributed by atoms with E-state index in [4.69, 9.17) is 4.84 Å². The normalized spacial score (nSPS) is 21.5. The Morgan fingerprint density at radius 2 is 1.86 bits per heavy atom. The number of ketones is 2. The van der Waals surface area contributed by atoms with Crippen molar-refractivity contribution in [3.8, 4) is 0 Å². The van der Waals surface area contributed by atoms with Crippen molar-refractivity contribution in [1.29, 1.82) is 0 Å². The van der Waals surface area contributed by atoms with Gasteiger partial charge in [-0.15, -0.1) is 6.58 Å². The molecule has 0 aliphatic heterocycles. The summed E-state index contributed by atoms with van der Waals surface area (Å²) in [6, 6.07) is 0. The molecule has 0 heterocycles. The molecule has 0 saturated heterocycles. The molecule has 0 atom stereocenters. The Labute approximate surface area is 126 Å². The summed E-state index contributed by atoms with van der Waals surface area (Å²) in [5.74, 6) is -0.0283. The van der Waals surface area contributed by atoms with E-state index >= 15 is 0 Å². The summed E-state index contributed by atoms with van der Waals surface area (Å²) in [4.78, 5) is 30.2. The number of carbonyl (C=O) groups is 2. The average Bonchev–Trinajstić information content (AvgIpc) is 2.45. The topological polar surface area (TPSA) is 55.4 Å². The van der Waals surface area contributed by atoms with Gasteiger partial charge in [0.2, 0.25) is 0 Å². The van der Waals surface area contributed by atoms with Gasteiger partial charge in [-0.25, -0.2) is 0 Å². The van der Waals surface area contributed by atoms with Crippen LogP contribution in [0.1, 0.15) is 58.3 Å². The van der Waals surface area contributed by atoms with E-state index in [2.05, 4.69) is 12.1 Å². The highest BCUT2D eigenvalue weighted by atomic mass is 16.6. The Bertz CT molecular complexity index is 437. The van der Waals surface area contributed by atoms with Crippen molar-refractivity contribution in [2.45, 2.75) is 58.3 Å². The van der Waals surface area contributed by atoms with Gasteiger partial charge in [-0.05, 0) is 24.7 Å². The highest BCUT2D eigenvalue weighted by Crippen LogP contribution is 2.46. The van der Waals surface area contributed by atoms with E-state index in [1.165, 1.54) is 6.42 Å². The molecule has 0 bridgehead atoms. The smallest absolute Gasteiger partial charge is 0.168 e. The monoisotopic (exact) mass is 291 g/mol. The van der Waals surface area contributed by atoms with Crippen LogP contribution in [0.3, 0.4) is 0 Å². The van der Waals surface area contributed by atoms with E-state index < -0.39 is 0 Å². The minimum absolute atomic E-state index is 0.0142. The zero-order valence-electron chi connectivity index (χ0n) is 12.9. The lowest BCUT2D eigenvalue weighted by Crippen LogP contribution is -2.39. The zero-order valence-corrected chi connectivity index (χ0v) is 12.9. The molecule has 2 rings (SSSR count). The second-order valence-corrected chi connectivity index (χ2v) is 6.17. The van der Waals surface area contributed by atoms with E-state index in [0.717, 1.165) is 25.7 Å². The fraction of sp³-hybridized carbons (Fsp3) is 0.647. The predicted octanol–water partition coefficient (Wildman–Crippen LogP) is 3.24. The summed E-state index contributed by atoms with van der Waals surface area (Å²) in [5, 5.41) is 0. The zero-order chi connectivity index (χ0) is 15.3. The Kier molecular flexibility index (Phi) is 5.34. The maximum atomic E-state index is 12.5. The van der Waals surface area contributed by atoms with E-state index in [-0.39, 0.29) is 17.0 Å². The van der Waals surface area contributed by atoms with Gasteiger partial charge in [0.15, 0.2) is 11.6 Å². The SMILES string of the molecule is C=CCONC(CC)=C1C(=O)CC2(CCCCC2)CC1=O. The molecule has 2 fully saturated rings. The highest BCUT2D eigenvalue weighted by molar-refractivity contribution is 6.22. The number of hydroxylamine groups is 1. The number of hydrogen-bond acceptors (Lipinski definition) is 4. The lowest BCUT2D eigenvalue weighted by Gasteiger charge is -2.39. The van der Waals surface area contributed by atoms with Crippen molar-refractivity contribution in [3.63, 3.8) is 0 Å². The Balaban J connectivity index is 2.16. The largest absolute Gasteiger partial charge is 0.294 e. The van der Waals surface area contributed by atoms with Gasteiger partial charge in [0.05, 0.1) is 17.9 Å². The Hall–Kier alpha value is -1.42. The molecule has 0 unspecified atom stereocenters. The van der Waals surface area contributed by atoms with Gasteiger partial charge in [0, 0.05) is 12.8 Å². The fourth-order valence-corrected chi connectivity index (χ4v) is 3.56. The summed E-state index contributed by atoms with van der Waals surface area (Å²) in [7, 11) is 0. The van der Waals surface area contributed by atoms with Crippen LogP contribution in [-0.2, 0) is 14.4 Å². The van der Waals surface area contributed by atoms with Crippen LogP contribution < -0.4 is 5.48 Å². The average molecular weight is 291 g/mol. The van der Waals surface area contributed by atoms with E-state index in [0.29, 0.717) is 37.1 Å². The molecular formula is C17H25NO3.